The van der Waals surface area contributed by atoms with Gasteiger partial charge in [0.05, 0.1) is 0 Å². The van der Waals surface area contributed by atoms with E-state index in [9.17, 15) is 0 Å². The molecule has 0 nitrogen and oxygen atoms in total. The van der Waals surface area contributed by atoms with Crippen molar-refractivity contribution in [2.45, 2.75) is 0 Å². The zero-order valence-electron chi connectivity index (χ0n) is 27.7. The second-order valence-electron chi connectivity index (χ2n) is 13.6. The van der Waals surface area contributed by atoms with Crippen LogP contribution in [0.1, 0.15) is 0 Å². The first kappa shape index (κ1) is 28.5. The molecule has 0 saturated heterocycles. The van der Waals surface area contributed by atoms with Crippen LogP contribution in [-0.2, 0) is 0 Å². The van der Waals surface area contributed by atoms with Crippen LogP contribution in [0.4, 0.5) is 0 Å². The van der Waals surface area contributed by atoms with Crippen LogP contribution < -0.4 is 0 Å². The first-order valence-corrected chi connectivity index (χ1v) is 18.4. The van der Waals surface area contributed by atoms with Crippen LogP contribution in [0.25, 0.3) is 107 Å². The molecule has 0 aliphatic rings. The first-order chi connectivity index (χ1) is 25.3. The number of hydrogen-bond acceptors (Lipinski definition) is 1. The Morgan fingerprint density at radius 2 is 0.706 bits per heavy atom. The Balaban J connectivity index is 1.05. The highest BCUT2D eigenvalue weighted by Crippen LogP contribution is 2.46. The Hall–Kier alpha value is -6.28. The van der Waals surface area contributed by atoms with Gasteiger partial charge in [0.2, 0.25) is 0 Å². The van der Waals surface area contributed by atoms with Gasteiger partial charge >= 0.3 is 0 Å². The minimum atomic E-state index is 1.23. The van der Waals surface area contributed by atoms with E-state index >= 15 is 0 Å². The van der Waals surface area contributed by atoms with Gasteiger partial charge in [-0.2, -0.15) is 0 Å². The van der Waals surface area contributed by atoms with Crippen LogP contribution in [-0.4, -0.2) is 0 Å². The fourth-order valence-corrected chi connectivity index (χ4v) is 9.84. The van der Waals surface area contributed by atoms with Crippen molar-refractivity contribution in [3.05, 3.63) is 182 Å². The normalized spacial score (nSPS) is 11.9. The second-order valence-corrected chi connectivity index (χ2v) is 14.6. The molecule has 0 amide bonds. The molecule has 236 valence electrons. The van der Waals surface area contributed by atoms with E-state index in [1.54, 1.807) is 0 Å². The van der Waals surface area contributed by atoms with Crippen molar-refractivity contribution in [1.29, 1.82) is 0 Å². The van der Waals surface area contributed by atoms with E-state index in [1.165, 1.54) is 107 Å². The van der Waals surface area contributed by atoms with Crippen LogP contribution in [0.3, 0.4) is 0 Å². The fourth-order valence-electron chi connectivity index (χ4n) is 8.47. The number of thiophene rings is 1. The van der Waals surface area contributed by atoms with Gasteiger partial charge in [-0.25, -0.2) is 0 Å². The molecule has 0 aliphatic carbocycles. The average Bonchev–Trinajstić information content (AvgIpc) is 3.59. The van der Waals surface area contributed by atoms with Crippen molar-refractivity contribution in [2.75, 3.05) is 0 Å². The molecule has 0 aliphatic heterocycles. The van der Waals surface area contributed by atoms with Crippen LogP contribution in [0.2, 0.25) is 0 Å². The van der Waals surface area contributed by atoms with Crippen molar-refractivity contribution in [3.63, 3.8) is 0 Å². The molecule has 11 rings (SSSR count). The maximum absolute atomic E-state index is 2.36. The summed E-state index contributed by atoms with van der Waals surface area (Å²) in [4.78, 5) is 0. The molecule has 10 aromatic carbocycles. The molecule has 0 radical (unpaired) electrons. The van der Waals surface area contributed by atoms with Gasteiger partial charge in [-0.1, -0.05) is 176 Å². The van der Waals surface area contributed by atoms with Gasteiger partial charge in [0.1, 0.15) is 0 Å². The Bertz CT molecular complexity index is 3120. The highest BCUT2D eigenvalue weighted by molar-refractivity contribution is 7.27. The number of benzene rings is 10. The molecule has 11 aromatic rings. The van der Waals surface area contributed by atoms with Gasteiger partial charge < -0.3 is 0 Å². The van der Waals surface area contributed by atoms with Gasteiger partial charge in [-0.15, -0.1) is 11.3 Å². The van der Waals surface area contributed by atoms with Crippen LogP contribution in [0, 0.1) is 0 Å². The number of fused-ring (bicyclic) bond motifs is 10. The quantitative estimate of drug-likeness (QED) is 0.165. The minimum absolute atomic E-state index is 1.23. The van der Waals surface area contributed by atoms with Gasteiger partial charge in [0.25, 0.3) is 0 Å². The summed E-state index contributed by atoms with van der Waals surface area (Å²) in [7, 11) is 0. The lowest BCUT2D eigenvalue weighted by atomic mass is 9.84. The largest absolute Gasteiger partial charge is 0.134 e. The maximum atomic E-state index is 2.36. The third-order valence-corrected chi connectivity index (χ3v) is 12.1. The van der Waals surface area contributed by atoms with Crippen LogP contribution in [0.5, 0.6) is 0 Å². The molecule has 0 unspecified atom stereocenters. The van der Waals surface area contributed by atoms with E-state index in [0.717, 1.165) is 0 Å². The third-order valence-electron chi connectivity index (χ3n) is 10.8. The zero-order chi connectivity index (χ0) is 33.5. The molecule has 1 heterocycles. The van der Waals surface area contributed by atoms with E-state index in [-0.39, 0.29) is 0 Å². The van der Waals surface area contributed by atoms with E-state index in [0.29, 0.717) is 0 Å². The van der Waals surface area contributed by atoms with Gasteiger partial charge in [-0.05, 0) is 93.3 Å². The fraction of sp³-hybridized carbons (Fsp3) is 0. The standard InChI is InChI=1S/C50H30S/c1-3-13-37-32(10-1)12-9-19-40(37)48-43-17-7-5-15-41(43)47(42-16-6-8-18-44(42)48)34-22-20-31(21-23-34)35-25-27-39-36(30-35)26-29-46-45-28-24-33-11-2-4-14-38(33)49(45)51-50(39)46/h1-30H. The molecule has 51 heavy (non-hydrogen) atoms. The molecule has 0 saturated carbocycles. The SMILES string of the molecule is c1ccc2c(-c3c4ccccc4c(-c4ccc(-c5ccc6c(ccc7c8ccc9ccccc9c8sc67)c5)cc4)c4ccccc34)cccc2c1. The van der Waals surface area contributed by atoms with E-state index in [1.807, 2.05) is 11.3 Å². The number of rotatable bonds is 3. The monoisotopic (exact) mass is 662 g/mol. The predicted molar refractivity (Wildman–Crippen MR) is 223 cm³/mol. The van der Waals surface area contributed by atoms with Gasteiger partial charge in [0.15, 0.2) is 0 Å². The summed E-state index contributed by atoms with van der Waals surface area (Å²) in [6, 6.07) is 67.4. The summed E-state index contributed by atoms with van der Waals surface area (Å²) in [5.74, 6) is 0. The van der Waals surface area contributed by atoms with Crippen molar-refractivity contribution >= 4 is 85.4 Å². The van der Waals surface area contributed by atoms with Crippen molar-refractivity contribution in [1.82, 2.24) is 0 Å². The van der Waals surface area contributed by atoms with Crippen LogP contribution >= 0.6 is 11.3 Å². The summed E-state index contributed by atoms with van der Waals surface area (Å²) in [6.07, 6.45) is 0. The molecule has 0 N–H and O–H groups in total. The predicted octanol–water partition coefficient (Wildman–Crippen LogP) is 14.8. The van der Waals surface area contributed by atoms with E-state index < -0.39 is 0 Å². The molecule has 1 heteroatoms. The molecular weight excluding hydrogens is 633 g/mol. The summed E-state index contributed by atoms with van der Waals surface area (Å²) < 4.78 is 2.74. The first-order valence-electron chi connectivity index (χ1n) is 17.6. The Morgan fingerprint density at radius 3 is 1.37 bits per heavy atom. The maximum Gasteiger partial charge on any atom is 0.0434 e. The lowest BCUT2D eigenvalue weighted by Crippen LogP contribution is -1.91. The highest BCUT2D eigenvalue weighted by Gasteiger charge is 2.18. The topological polar surface area (TPSA) is 0 Å². The van der Waals surface area contributed by atoms with E-state index in [2.05, 4.69) is 182 Å². The molecule has 0 fully saturated rings. The number of hydrogen-bond donors (Lipinski definition) is 0. The zero-order valence-corrected chi connectivity index (χ0v) is 28.5. The summed E-state index contributed by atoms with van der Waals surface area (Å²) in [5, 5.41) is 15.6. The summed E-state index contributed by atoms with van der Waals surface area (Å²) >= 11 is 1.92. The Kier molecular flexibility index (Phi) is 6.22. The minimum Gasteiger partial charge on any atom is -0.134 e. The summed E-state index contributed by atoms with van der Waals surface area (Å²) in [6.45, 7) is 0. The van der Waals surface area contributed by atoms with Gasteiger partial charge in [0, 0.05) is 20.2 Å². The third kappa shape index (κ3) is 4.32. The molecule has 1 aromatic heterocycles. The average molecular weight is 663 g/mol. The van der Waals surface area contributed by atoms with E-state index in [4.69, 9.17) is 0 Å². The second kappa shape index (κ2) is 11.1. The van der Waals surface area contributed by atoms with Crippen molar-refractivity contribution in [2.24, 2.45) is 0 Å². The molecule has 0 bridgehead atoms. The molecule has 0 atom stereocenters. The molecule has 0 spiro atoms. The smallest absolute Gasteiger partial charge is 0.0434 e. The van der Waals surface area contributed by atoms with Crippen molar-refractivity contribution in [3.8, 4) is 33.4 Å². The van der Waals surface area contributed by atoms with Gasteiger partial charge in [-0.3, -0.25) is 0 Å². The highest BCUT2D eigenvalue weighted by atomic mass is 32.1. The Labute approximate surface area is 299 Å². The van der Waals surface area contributed by atoms with Crippen molar-refractivity contribution < 1.29 is 0 Å². The van der Waals surface area contributed by atoms with Crippen LogP contribution in [0.15, 0.2) is 182 Å². The molecular formula is C50H30S. The lowest BCUT2D eigenvalue weighted by Gasteiger charge is -2.19. The Morgan fingerprint density at radius 1 is 0.255 bits per heavy atom. The lowest BCUT2D eigenvalue weighted by molar-refractivity contribution is 1.63. The summed E-state index contributed by atoms with van der Waals surface area (Å²) in [5.41, 5.74) is 7.56.